The van der Waals surface area contributed by atoms with E-state index in [-0.39, 0.29) is 11.5 Å². The summed E-state index contributed by atoms with van der Waals surface area (Å²) in [7, 11) is 0. The molecular formula is C11H17N3O2S. The number of hydrogen-bond donors (Lipinski definition) is 1. The topological polar surface area (TPSA) is 78.1 Å². The minimum absolute atomic E-state index is 0.198. The molecule has 17 heavy (non-hydrogen) atoms. The van der Waals surface area contributed by atoms with Crippen LogP contribution in [0.2, 0.25) is 0 Å². The molecule has 0 aliphatic heterocycles. The zero-order valence-electron chi connectivity index (χ0n) is 10.5. The summed E-state index contributed by atoms with van der Waals surface area (Å²) in [6, 6.07) is 1.42. The van der Waals surface area contributed by atoms with Gasteiger partial charge in [-0.2, -0.15) is 0 Å². The lowest BCUT2D eigenvalue weighted by atomic mass is 10.2. The number of hydrogen-bond acceptors (Lipinski definition) is 6. The van der Waals surface area contributed by atoms with Crippen LogP contribution in [0.25, 0.3) is 0 Å². The number of nitrogen functional groups attached to an aromatic ring is 1. The van der Waals surface area contributed by atoms with E-state index in [9.17, 15) is 4.79 Å². The van der Waals surface area contributed by atoms with Crippen molar-refractivity contribution in [3.8, 4) is 0 Å². The molecule has 5 nitrogen and oxygen atoms in total. The van der Waals surface area contributed by atoms with Gasteiger partial charge in [0.15, 0.2) is 10.9 Å². The normalized spacial score (nSPS) is 11.3. The molecule has 0 atom stereocenters. The number of carbonyl (C=O) groups excluding carboxylic acids is 1. The smallest absolute Gasteiger partial charge is 0.357 e. The summed E-state index contributed by atoms with van der Waals surface area (Å²) < 4.78 is 5.22. The van der Waals surface area contributed by atoms with Crippen LogP contribution in [-0.4, -0.2) is 27.3 Å². The highest BCUT2D eigenvalue weighted by Crippen LogP contribution is 2.17. The number of aromatic nitrogens is 2. The van der Waals surface area contributed by atoms with E-state index < -0.39 is 11.6 Å². The summed E-state index contributed by atoms with van der Waals surface area (Å²) in [5.74, 6) is 0.610. The molecular weight excluding hydrogens is 238 g/mol. The number of ether oxygens (including phenoxy) is 1. The third-order valence-corrected chi connectivity index (χ3v) is 2.34. The average Bonchev–Trinajstić information content (AvgIpc) is 2.14. The Hall–Kier alpha value is -1.30. The number of carbonyl (C=O) groups is 1. The molecule has 0 spiro atoms. The fourth-order valence-electron chi connectivity index (χ4n) is 1.07. The first-order chi connectivity index (χ1) is 7.81. The van der Waals surface area contributed by atoms with Crippen LogP contribution in [0.4, 0.5) is 5.82 Å². The third kappa shape index (κ3) is 4.60. The van der Waals surface area contributed by atoms with E-state index in [1.54, 1.807) is 20.8 Å². The molecule has 0 aromatic carbocycles. The maximum absolute atomic E-state index is 11.8. The largest absolute Gasteiger partial charge is 0.455 e. The molecule has 0 aliphatic carbocycles. The molecule has 0 saturated carbocycles. The van der Waals surface area contributed by atoms with Crippen LogP contribution in [-0.2, 0) is 4.74 Å². The van der Waals surface area contributed by atoms with Crippen molar-refractivity contribution in [2.24, 2.45) is 0 Å². The molecule has 1 heterocycles. The van der Waals surface area contributed by atoms with E-state index in [0.717, 1.165) is 5.75 Å². The molecule has 0 aliphatic rings. The highest BCUT2D eigenvalue weighted by molar-refractivity contribution is 7.99. The molecule has 1 rings (SSSR count). The van der Waals surface area contributed by atoms with Crippen LogP contribution in [0, 0.1) is 0 Å². The third-order valence-electron chi connectivity index (χ3n) is 1.61. The molecule has 94 valence electrons. The van der Waals surface area contributed by atoms with Crippen LogP contribution in [0.15, 0.2) is 11.2 Å². The lowest BCUT2D eigenvalue weighted by Crippen LogP contribution is -2.24. The van der Waals surface area contributed by atoms with Crippen molar-refractivity contribution in [2.45, 2.75) is 38.5 Å². The van der Waals surface area contributed by atoms with Crippen molar-refractivity contribution in [1.29, 1.82) is 0 Å². The fraction of sp³-hybridized carbons (Fsp3) is 0.545. The average molecular weight is 255 g/mol. The van der Waals surface area contributed by atoms with Crippen molar-refractivity contribution in [2.75, 3.05) is 11.5 Å². The predicted octanol–water partition coefficient (Wildman–Crippen LogP) is 2.13. The van der Waals surface area contributed by atoms with Gasteiger partial charge >= 0.3 is 5.97 Å². The molecule has 0 radical (unpaired) electrons. The van der Waals surface area contributed by atoms with Gasteiger partial charge in [-0.3, -0.25) is 0 Å². The van der Waals surface area contributed by atoms with Crippen LogP contribution in [0.5, 0.6) is 0 Å². The summed E-state index contributed by atoms with van der Waals surface area (Å²) in [6.45, 7) is 7.38. The van der Waals surface area contributed by atoms with Gasteiger partial charge in [-0.15, -0.1) is 0 Å². The molecule has 0 unspecified atom stereocenters. The standard InChI is InChI=1S/C11H17N3O2S/c1-5-17-10-13-7(6-8(12)14-10)9(15)16-11(2,3)4/h6H,5H2,1-4H3,(H2,12,13,14). The fourth-order valence-corrected chi connectivity index (χ4v) is 1.66. The number of rotatable bonds is 3. The second kappa shape index (κ2) is 5.35. The Kier molecular flexibility index (Phi) is 4.34. The quantitative estimate of drug-likeness (QED) is 0.506. The Bertz CT molecular complexity index is 416. The summed E-state index contributed by atoms with van der Waals surface area (Å²) in [5.41, 5.74) is 5.27. The Balaban J connectivity index is 2.93. The van der Waals surface area contributed by atoms with Crippen LogP contribution in [0.1, 0.15) is 38.2 Å². The zero-order chi connectivity index (χ0) is 13.1. The van der Waals surface area contributed by atoms with Crippen LogP contribution >= 0.6 is 11.8 Å². The van der Waals surface area contributed by atoms with Crippen molar-refractivity contribution in [3.05, 3.63) is 11.8 Å². The summed E-state index contributed by atoms with van der Waals surface area (Å²) in [6.07, 6.45) is 0. The van der Waals surface area contributed by atoms with Gasteiger partial charge in [0.1, 0.15) is 11.4 Å². The highest BCUT2D eigenvalue weighted by Gasteiger charge is 2.20. The van der Waals surface area contributed by atoms with Gasteiger partial charge in [-0.1, -0.05) is 18.7 Å². The number of esters is 1. The molecule has 2 N–H and O–H groups in total. The zero-order valence-corrected chi connectivity index (χ0v) is 11.3. The second-order valence-electron chi connectivity index (χ2n) is 4.40. The van der Waals surface area contributed by atoms with Gasteiger partial charge in [0.05, 0.1) is 0 Å². The maximum atomic E-state index is 11.8. The van der Waals surface area contributed by atoms with E-state index in [0.29, 0.717) is 5.16 Å². The van der Waals surface area contributed by atoms with E-state index in [4.69, 9.17) is 10.5 Å². The monoisotopic (exact) mass is 255 g/mol. The van der Waals surface area contributed by atoms with Gasteiger partial charge in [0, 0.05) is 6.07 Å². The van der Waals surface area contributed by atoms with Crippen molar-refractivity contribution < 1.29 is 9.53 Å². The summed E-state index contributed by atoms with van der Waals surface area (Å²) >= 11 is 1.43. The molecule has 0 amide bonds. The predicted molar refractivity (Wildman–Crippen MR) is 68.0 cm³/mol. The molecule has 0 bridgehead atoms. The van der Waals surface area contributed by atoms with E-state index in [1.807, 2.05) is 6.92 Å². The first-order valence-electron chi connectivity index (χ1n) is 5.32. The Morgan fingerprint density at radius 3 is 2.65 bits per heavy atom. The van der Waals surface area contributed by atoms with Crippen molar-refractivity contribution in [1.82, 2.24) is 9.97 Å². The van der Waals surface area contributed by atoms with E-state index in [2.05, 4.69) is 9.97 Å². The van der Waals surface area contributed by atoms with Gasteiger partial charge in [0.25, 0.3) is 0 Å². The lowest BCUT2D eigenvalue weighted by molar-refractivity contribution is 0.00618. The Labute approximate surface area is 105 Å². The SMILES string of the molecule is CCSc1nc(N)cc(C(=O)OC(C)(C)C)n1. The van der Waals surface area contributed by atoms with Crippen LogP contribution in [0.3, 0.4) is 0 Å². The number of nitrogens with zero attached hydrogens (tertiary/aromatic N) is 2. The molecule has 1 aromatic rings. The van der Waals surface area contributed by atoms with E-state index in [1.165, 1.54) is 17.8 Å². The Morgan fingerprint density at radius 2 is 2.12 bits per heavy atom. The minimum Gasteiger partial charge on any atom is -0.455 e. The molecule has 0 fully saturated rings. The van der Waals surface area contributed by atoms with Crippen molar-refractivity contribution >= 4 is 23.5 Å². The number of anilines is 1. The second-order valence-corrected chi connectivity index (χ2v) is 5.63. The minimum atomic E-state index is -0.547. The molecule has 6 heteroatoms. The van der Waals surface area contributed by atoms with Gasteiger partial charge < -0.3 is 10.5 Å². The lowest BCUT2D eigenvalue weighted by Gasteiger charge is -2.19. The maximum Gasteiger partial charge on any atom is 0.357 e. The summed E-state index contributed by atoms with van der Waals surface area (Å²) in [4.78, 5) is 19.9. The van der Waals surface area contributed by atoms with Crippen LogP contribution < -0.4 is 5.73 Å². The summed E-state index contributed by atoms with van der Waals surface area (Å²) in [5, 5.41) is 0.494. The van der Waals surface area contributed by atoms with Gasteiger partial charge in [-0.05, 0) is 26.5 Å². The highest BCUT2D eigenvalue weighted by atomic mass is 32.2. The first-order valence-corrected chi connectivity index (χ1v) is 6.31. The molecule has 0 saturated heterocycles. The van der Waals surface area contributed by atoms with Gasteiger partial charge in [-0.25, -0.2) is 14.8 Å². The molecule has 1 aromatic heterocycles. The van der Waals surface area contributed by atoms with Crippen molar-refractivity contribution in [3.63, 3.8) is 0 Å². The van der Waals surface area contributed by atoms with Gasteiger partial charge in [0.2, 0.25) is 0 Å². The number of nitrogens with two attached hydrogens (primary N) is 1. The first kappa shape index (κ1) is 13.8. The Morgan fingerprint density at radius 1 is 1.47 bits per heavy atom. The number of thioether (sulfide) groups is 1. The van der Waals surface area contributed by atoms with E-state index >= 15 is 0 Å².